The second-order valence-corrected chi connectivity index (χ2v) is 6.57. The number of rotatable bonds is 7. The van der Waals surface area contributed by atoms with Gasteiger partial charge in [-0.2, -0.15) is 13.8 Å². The summed E-state index contributed by atoms with van der Waals surface area (Å²) >= 11 is 0. The number of alkyl halides is 2. The van der Waals surface area contributed by atoms with Gasteiger partial charge in [-0.05, 0) is 6.07 Å². The average molecular weight is 405 g/mol. The molecule has 3 aromatic heterocycles. The Labute approximate surface area is 165 Å². The lowest BCUT2D eigenvalue weighted by Crippen LogP contribution is -2.15. The number of nitrogens with one attached hydrogen (secondary N) is 1. The fourth-order valence-corrected chi connectivity index (χ4v) is 2.79. The van der Waals surface area contributed by atoms with Crippen LogP contribution in [0.4, 0.5) is 14.6 Å². The van der Waals surface area contributed by atoms with E-state index in [1.165, 1.54) is 20.1 Å². The molecule has 0 bridgehead atoms. The first-order valence-electron chi connectivity index (χ1n) is 8.81. The van der Waals surface area contributed by atoms with Crippen LogP contribution in [0.15, 0.2) is 24.5 Å². The normalized spacial score (nSPS) is 11.7. The predicted molar refractivity (Wildman–Crippen MR) is 103 cm³/mol. The highest BCUT2D eigenvalue weighted by molar-refractivity contribution is 5.98. The van der Waals surface area contributed by atoms with Gasteiger partial charge >= 0.3 is 5.92 Å². The van der Waals surface area contributed by atoms with E-state index in [4.69, 9.17) is 9.47 Å². The summed E-state index contributed by atoms with van der Waals surface area (Å²) in [6, 6.07) is 3.17. The van der Waals surface area contributed by atoms with E-state index < -0.39 is 11.7 Å². The lowest BCUT2D eigenvalue weighted by molar-refractivity contribution is -0.114. The van der Waals surface area contributed by atoms with Crippen LogP contribution in [0, 0.1) is 0 Å². The molecule has 0 aliphatic heterocycles. The fourth-order valence-electron chi connectivity index (χ4n) is 2.79. The predicted octanol–water partition coefficient (Wildman–Crippen LogP) is 3.13. The zero-order valence-corrected chi connectivity index (χ0v) is 16.5. The van der Waals surface area contributed by atoms with Gasteiger partial charge in [0.15, 0.2) is 0 Å². The molecule has 0 saturated carbocycles. The maximum Gasteiger partial charge on any atom is 0.303 e. The van der Waals surface area contributed by atoms with Gasteiger partial charge in [-0.3, -0.25) is 4.79 Å². The van der Waals surface area contributed by atoms with Crippen molar-refractivity contribution in [2.24, 2.45) is 7.05 Å². The van der Waals surface area contributed by atoms with E-state index in [0.717, 1.165) is 12.4 Å². The quantitative estimate of drug-likeness (QED) is 0.608. The topological polar surface area (TPSA) is 91.2 Å². The number of carbonyl (C=O) groups is 1. The molecule has 0 spiro atoms. The van der Waals surface area contributed by atoms with E-state index >= 15 is 0 Å². The van der Waals surface area contributed by atoms with E-state index in [0.29, 0.717) is 16.8 Å². The number of nitrogens with zero attached hydrogens (tertiary/aromatic N) is 4. The second kappa shape index (κ2) is 8.08. The highest BCUT2D eigenvalue weighted by Gasteiger charge is 2.30. The van der Waals surface area contributed by atoms with E-state index in [-0.39, 0.29) is 30.7 Å². The number of ether oxygens (including phenoxy) is 2. The van der Waals surface area contributed by atoms with Crippen molar-refractivity contribution >= 4 is 22.6 Å². The summed E-state index contributed by atoms with van der Waals surface area (Å²) in [6.07, 6.45) is 3.35. The fraction of sp³-hybridized carbons (Fsp3) is 0.368. The summed E-state index contributed by atoms with van der Waals surface area (Å²) < 4.78 is 40.1. The molecule has 154 valence electrons. The zero-order chi connectivity index (χ0) is 21.2. The minimum atomic E-state index is -3.25. The highest BCUT2D eigenvalue weighted by atomic mass is 19.3. The van der Waals surface area contributed by atoms with E-state index in [9.17, 15) is 13.6 Å². The lowest BCUT2D eigenvalue weighted by atomic mass is 10.1. The number of carbonyl (C=O) groups excluding carboxylic acids is 1. The third kappa shape index (κ3) is 4.65. The van der Waals surface area contributed by atoms with Crippen molar-refractivity contribution in [3.8, 4) is 17.1 Å². The third-order valence-electron chi connectivity index (χ3n) is 4.09. The summed E-state index contributed by atoms with van der Waals surface area (Å²) in [5.74, 6) is -3.78. The Hall–Kier alpha value is -3.14. The third-order valence-corrected chi connectivity index (χ3v) is 4.09. The van der Waals surface area contributed by atoms with Crippen molar-refractivity contribution in [3.63, 3.8) is 0 Å². The minimum absolute atomic E-state index is 0.0247. The second-order valence-electron chi connectivity index (χ2n) is 6.57. The standard InChI is InChI=1S/C19H21F2N5O3/c1-11(27)23-16-7-12-13(10-26(3)15(12)9-22-16)14-8-17(29-6-5-28-4)25-18(24-14)19(2,20)21/h7-10H,5-6H2,1-4H3,(H,22,23,27). The Kier molecular flexibility index (Phi) is 5.73. The maximum absolute atomic E-state index is 14.0. The van der Waals surface area contributed by atoms with Crippen LogP contribution in [0.1, 0.15) is 19.7 Å². The van der Waals surface area contributed by atoms with Gasteiger partial charge in [0, 0.05) is 51.2 Å². The molecular formula is C19H21F2N5O3. The molecule has 0 aliphatic carbocycles. The number of halogens is 2. The zero-order valence-electron chi connectivity index (χ0n) is 16.5. The Balaban J connectivity index is 2.14. The van der Waals surface area contributed by atoms with Crippen molar-refractivity contribution in [1.82, 2.24) is 19.5 Å². The molecule has 1 amide bonds. The van der Waals surface area contributed by atoms with Crippen LogP contribution in [0.5, 0.6) is 5.88 Å². The number of hydrogen-bond acceptors (Lipinski definition) is 6. The van der Waals surface area contributed by atoms with Crippen LogP contribution < -0.4 is 10.1 Å². The van der Waals surface area contributed by atoms with Gasteiger partial charge in [-0.1, -0.05) is 0 Å². The van der Waals surface area contributed by atoms with E-state index in [2.05, 4.69) is 20.3 Å². The van der Waals surface area contributed by atoms with Gasteiger partial charge in [-0.25, -0.2) is 9.97 Å². The smallest absolute Gasteiger partial charge is 0.303 e. The highest BCUT2D eigenvalue weighted by Crippen LogP contribution is 2.34. The van der Waals surface area contributed by atoms with Crippen molar-refractivity contribution in [1.29, 1.82) is 0 Å². The summed E-state index contributed by atoms with van der Waals surface area (Å²) in [6.45, 7) is 2.55. The van der Waals surface area contributed by atoms with Gasteiger partial charge in [0.05, 0.1) is 24.0 Å². The number of anilines is 1. The largest absolute Gasteiger partial charge is 0.475 e. The van der Waals surface area contributed by atoms with Crippen LogP contribution in [-0.2, 0) is 22.5 Å². The molecule has 3 aromatic rings. The summed E-state index contributed by atoms with van der Waals surface area (Å²) in [5, 5.41) is 3.31. The Morgan fingerprint density at radius 2 is 2.03 bits per heavy atom. The van der Waals surface area contributed by atoms with Gasteiger partial charge in [-0.15, -0.1) is 0 Å². The molecule has 1 N–H and O–H groups in total. The summed E-state index contributed by atoms with van der Waals surface area (Å²) in [7, 11) is 3.31. The van der Waals surface area contributed by atoms with Crippen molar-refractivity contribution in [3.05, 3.63) is 30.4 Å². The number of pyridine rings is 1. The molecule has 29 heavy (non-hydrogen) atoms. The van der Waals surface area contributed by atoms with Crippen LogP contribution in [0.2, 0.25) is 0 Å². The molecule has 3 rings (SSSR count). The number of aryl methyl sites for hydroxylation is 1. The molecule has 0 aliphatic rings. The first-order chi connectivity index (χ1) is 13.7. The lowest BCUT2D eigenvalue weighted by Gasteiger charge is -2.13. The van der Waals surface area contributed by atoms with Gasteiger partial charge in [0.2, 0.25) is 17.6 Å². The van der Waals surface area contributed by atoms with Crippen molar-refractivity contribution in [2.75, 3.05) is 25.6 Å². The first-order valence-corrected chi connectivity index (χ1v) is 8.81. The number of amides is 1. The van der Waals surface area contributed by atoms with Crippen LogP contribution in [-0.4, -0.2) is 45.7 Å². The number of hydrogen-bond donors (Lipinski definition) is 1. The molecular weight excluding hydrogens is 384 g/mol. The van der Waals surface area contributed by atoms with Crippen molar-refractivity contribution in [2.45, 2.75) is 19.8 Å². The van der Waals surface area contributed by atoms with Gasteiger partial charge < -0.3 is 19.4 Å². The molecule has 0 aromatic carbocycles. The van der Waals surface area contributed by atoms with Gasteiger partial charge in [0.25, 0.3) is 0 Å². The van der Waals surface area contributed by atoms with Crippen LogP contribution >= 0.6 is 0 Å². The molecule has 0 fully saturated rings. The molecule has 0 saturated heterocycles. The monoisotopic (exact) mass is 405 g/mol. The Bertz CT molecular complexity index is 1050. The molecule has 0 radical (unpaired) electrons. The molecule has 0 atom stereocenters. The van der Waals surface area contributed by atoms with Crippen LogP contribution in [0.3, 0.4) is 0 Å². The number of fused-ring (bicyclic) bond motifs is 1. The van der Waals surface area contributed by atoms with Crippen molar-refractivity contribution < 1.29 is 23.0 Å². The first kappa shape index (κ1) is 20.6. The van der Waals surface area contributed by atoms with Crippen LogP contribution in [0.25, 0.3) is 22.2 Å². The summed E-state index contributed by atoms with van der Waals surface area (Å²) in [4.78, 5) is 23.4. The maximum atomic E-state index is 14.0. The van der Waals surface area contributed by atoms with Gasteiger partial charge in [0.1, 0.15) is 12.4 Å². The van der Waals surface area contributed by atoms with E-state index in [1.807, 2.05) is 0 Å². The summed E-state index contributed by atoms with van der Waals surface area (Å²) in [5.41, 5.74) is 1.61. The molecule has 10 heteroatoms. The SMILES string of the molecule is COCCOc1cc(-c2cn(C)c3cnc(NC(C)=O)cc23)nc(C(C)(F)F)n1. The molecule has 3 heterocycles. The average Bonchev–Trinajstić information content (AvgIpc) is 2.97. The van der Waals surface area contributed by atoms with E-state index in [1.54, 1.807) is 30.1 Å². The molecule has 8 nitrogen and oxygen atoms in total. The number of aromatic nitrogens is 4. The number of methoxy groups -OCH3 is 1. The Morgan fingerprint density at radius 3 is 2.69 bits per heavy atom. The molecule has 0 unspecified atom stereocenters. The Morgan fingerprint density at radius 1 is 1.28 bits per heavy atom. The minimum Gasteiger partial charge on any atom is -0.475 e.